The third-order valence-corrected chi connectivity index (χ3v) is 8.11. The van der Waals surface area contributed by atoms with Gasteiger partial charge in [0, 0.05) is 22.8 Å². The summed E-state index contributed by atoms with van der Waals surface area (Å²) in [5.41, 5.74) is 3.30. The maximum absolute atomic E-state index is 12.8. The van der Waals surface area contributed by atoms with Crippen LogP contribution in [-0.4, -0.2) is 59.4 Å². The Balaban J connectivity index is 1.54. The molecular weight excluding hydrogens is 428 g/mol. The number of nitrogens with zero attached hydrogens (tertiary/aromatic N) is 2. The van der Waals surface area contributed by atoms with Gasteiger partial charge in [0.25, 0.3) is 0 Å². The monoisotopic (exact) mass is 454 g/mol. The molecule has 4 atom stereocenters. The molecule has 2 N–H and O–H groups in total. The minimum atomic E-state index is -0.773. The zero-order valence-electron chi connectivity index (χ0n) is 18.2. The van der Waals surface area contributed by atoms with Crippen molar-refractivity contribution < 1.29 is 24.5 Å². The van der Waals surface area contributed by atoms with Crippen molar-refractivity contribution in [3.63, 3.8) is 0 Å². The molecule has 0 aliphatic carbocycles. The lowest BCUT2D eigenvalue weighted by molar-refractivity contribution is -0.163. The molecule has 5 rings (SSSR count). The summed E-state index contributed by atoms with van der Waals surface area (Å²) in [6.45, 7) is 4.17. The molecule has 0 aromatic heterocycles. The first kappa shape index (κ1) is 21.3. The Kier molecular flexibility index (Phi) is 5.19. The van der Waals surface area contributed by atoms with Crippen LogP contribution in [0.1, 0.15) is 19.4 Å². The number of rotatable bonds is 6. The van der Waals surface area contributed by atoms with E-state index in [0.717, 1.165) is 32.5 Å². The van der Waals surface area contributed by atoms with Crippen LogP contribution in [0.3, 0.4) is 0 Å². The second-order valence-corrected chi connectivity index (χ2v) is 9.68. The minimum absolute atomic E-state index is 0.0788. The van der Waals surface area contributed by atoms with E-state index < -0.39 is 18.0 Å². The molecule has 0 radical (unpaired) electrons. The highest BCUT2D eigenvalue weighted by atomic mass is 32.2. The normalized spacial score (nSPS) is 24.8. The Hall–Kier alpha value is -2.55. The Bertz CT molecular complexity index is 1160. The van der Waals surface area contributed by atoms with Gasteiger partial charge in [-0.2, -0.15) is 0 Å². The summed E-state index contributed by atoms with van der Waals surface area (Å²) in [5, 5.41) is 21.9. The van der Waals surface area contributed by atoms with Gasteiger partial charge in [0.1, 0.15) is 5.70 Å². The van der Waals surface area contributed by atoms with Crippen molar-refractivity contribution in [2.24, 2.45) is 11.8 Å². The van der Waals surface area contributed by atoms with E-state index in [4.69, 9.17) is 4.74 Å². The lowest BCUT2D eigenvalue weighted by Gasteiger charge is -2.46. The highest BCUT2D eigenvalue weighted by Crippen LogP contribution is 2.52. The molecule has 3 aliphatic heterocycles. The number of esters is 1. The molecule has 2 aromatic rings. The first-order valence-corrected chi connectivity index (χ1v) is 11.6. The number of hydrogen-bond donors (Lipinski definition) is 2. The van der Waals surface area contributed by atoms with E-state index >= 15 is 0 Å². The SMILES string of the molecule is COC(=O)C1=C(CN2Sc3c(CCO)ccc4cccc2c34)[C@H](C)C2[C@@H]([C@@H](C)O)C(=O)N12. The first-order chi connectivity index (χ1) is 15.4. The summed E-state index contributed by atoms with van der Waals surface area (Å²) in [6.07, 6.45) is -0.197. The second kappa shape index (κ2) is 7.79. The van der Waals surface area contributed by atoms with Gasteiger partial charge in [0.05, 0.1) is 37.4 Å². The number of ether oxygens (including phenoxy) is 1. The van der Waals surface area contributed by atoms with Crippen LogP contribution in [0.2, 0.25) is 0 Å². The highest BCUT2D eigenvalue weighted by Gasteiger charge is 2.60. The molecule has 2 aromatic carbocycles. The van der Waals surface area contributed by atoms with Crippen LogP contribution < -0.4 is 4.31 Å². The number of anilines is 1. The molecule has 0 bridgehead atoms. The summed E-state index contributed by atoms with van der Waals surface area (Å²) in [6, 6.07) is 10.0. The lowest BCUT2D eigenvalue weighted by atomic mass is 9.78. The molecule has 1 fully saturated rings. The van der Waals surface area contributed by atoms with Crippen molar-refractivity contribution in [3.05, 3.63) is 47.2 Å². The topological polar surface area (TPSA) is 90.3 Å². The van der Waals surface area contributed by atoms with Crippen molar-refractivity contribution in [1.29, 1.82) is 0 Å². The van der Waals surface area contributed by atoms with Gasteiger partial charge < -0.3 is 24.2 Å². The van der Waals surface area contributed by atoms with Crippen LogP contribution in [0.4, 0.5) is 5.69 Å². The van der Waals surface area contributed by atoms with Crippen LogP contribution in [0.5, 0.6) is 0 Å². The van der Waals surface area contributed by atoms with E-state index in [2.05, 4.69) is 28.6 Å². The zero-order chi connectivity index (χ0) is 22.7. The Morgan fingerprint density at radius 2 is 2.06 bits per heavy atom. The molecule has 32 heavy (non-hydrogen) atoms. The molecule has 7 nitrogen and oxygen atoms in total. The maximum Gasteiger partial charge on any atom is 0.354 e. The van der Waals surface area contributed by atoms with Crippen LogP contribution in [0.25, 0.3) is 10.8 Å². The fourth-order valence-electron chi connectivity index (χ4n) is 5.37. The maximum atomic E-state index is 12.8. The van der Waals surface area contributed by atoms with E-state index in [1.54, 1.807) is 18.9 Å². The smallest absolute Gasteiger partial charge is 0.354 e. The van der Waals surface area contributed by atoms with Crippen molar-refractivity contribution in [2.75, 3.05) is 24.6 Å². The molecule has 8 heteroatoms. The molecule has 3 aliphatic rings. The number of carbonyl (C=O) groups excluding carboxylic acids is 2. The molecular formula is C24H26N2O5S. The number of benzene rings is 2. The molecule has 1 unspecified atom stereocenters. The summed E-state index contributed by atoms with van der Waals surface area (Å²) in [4.78, 5) is 28.1. The third-order valence-electron chi connectivity index (χ3n) is 6.92. The number of β-lactam (4-membered cyclic amide) rings is 1. The van der Waals surface area contributed by atoms with Gasteiger partial charge in [-0.1, -0.05) is 31.2 Å². The lowest BCUT2D eigenvalue weighted by Crippen LogP contribution is -2.63. The highest BCUT2D eigenvalue weighted by molar-refractivity contribution is 8.01. The van der Waals surface area contributed by atoms with Crippen LogP contribution in [0.15, 0.2) is 46.5 Å². The van der Waals surface area contributed by atoms with Gasteiger partial charge in [-0.15, -0.1) is 0 Å². The average Bonchev–Trinajstić information content (AvgIpc) is 3.25. The Morgan fingerprint density at radius 1 is 1.28 bits per heavy atom. The van der Waals surface area contributed by atoms with Gasteiger partial charge in [-0.05, 0) is 47.9 Å². The number of fused-ring (bicyclic) bond motifs is 1. The fourth-order valence-corrected chi connectivity index (χ4v) is 6.65. The van der Waals surface area contributed by atoms with Crippen LogP contribution >= 0.6 is 11.9 Å². The van der Waals surface area contributed by atoms with E-state index in [1.165, 1.54) is 12.0 Å². The molecule has 0 spiro atoms. The molecule has 1 amide bonds. The number of aliphatic hydroxyl groups is 2. The van der Waals surface area contributed by atoms with E-state index in [0.29, 0.717) is 18.7 Å². The van der Waals surface area contributed by atoms with Gasteiger partial charge in [-0.3, -0.25) is 4.79 Å². The van der Waals surface area contributed by atoms with Crippen molar-refractivity contribution in [2.45, 2.75) is 37.3 Å². The van der Waals surface area contributed by atoms with Crippen molar-refractivity contribution in [1.82, 2.24) is 4.90 Å². The quantitative estimate of drug-likeness (QED) is 0.394. The average molecular weight is 455 g/mol. The van der Waals surface area contributed by atoms with Gasteiger partial charge in [0.15, 0.2) is 0 Å². The summed E-state index contributed by atoms with van der Waals surface area (Å²) < 4.78 is 7.19. The van der Waals surface area contributed by atoms with Gasteiger partial charge in [-0.25, -0.2) is 4.79 Å². The summed E-state index contributed by atoms with van der Waals surface area (Å²) in [7, 11) is 1.32. The van der Waals surface area contributed by atoms with Crippen LogP contribution in [-0.2, 0) is 20.7 Å². The predicted octanol–water partition coefficient (Wildman–Crippen LogP) is 2.49. The van der Waals surface area contributed by atoms with Crippen molar-refractivity contribution in [3.8, 4) is 0 Å². The number of carbonyl (C=O) groups is 2. The largest absolute Gasteiger partial charge is 0.464 e. The van der Waals surface area contributed by atoms with E-state index in [1.807, 2.05) is 13.0 Å². The Labute approximate surface area is 190 Å². The van der Waals surface area contributed by atoms with E-state index in [-0.39, 0.29) is 24.5 Å². The van der Waals surface area contributed by atoms with Gasteiger partial charge in [0.2, 0.25) is 5.91 Å². The standard InChI is InChI=1S/C24H26N2O5S/c1-12-16(21(24(30)31-3)26-20(12)18(13(2)28)23(26)29)11-25-17-6-4-5-14-7-8-15(9-10-27)22(32-25)19(14)17/h4-8,12-13,18,20,27-28H,9-11H2,1-3H3/t12-,13+,18+,20?/m0/s1. The molecule has 3 heterocycles. The molecule has 1 saturated heterocycles. The summed E-state index contributed by atoms with van der Waals surface area (Å²) >= 11 is 1.61. The zero-order valence-corrected chi connectivity index (χ0v) is 19.1. The van der Waals surface area contributed by atoms with Gasteiger partial charge >= 0.3 is 5.97 Å². The number of methoxy groups -OCH3 is 1. The molecule has 168 valence electrons. The minimum Gasteiger partial charge on any atom is -0.464 e. The third kappa shape index (κ3) is 2.89. The van der Waals surface area contributed by atoms with E-state index in [9.17, 15) is 19.8 Å². The number of hydrogen-bond acceptors (Lipinski definition) is 7. The van der Waals surface area contributed by atoms with Crippen molar-refractivity contribution >= 4 is 40.3 Å². The van der Waals surface area contributed by atoms with Crippen LogP contribution in [0, 0.1) is 11.8 Å². The second-order valence-electron chi connectivity index (χ2n) is 8.65. The fraction of sp³-hybridized carbons (Fsp3) is 0.417. The number of aliphatic hydroxyl groups excluding tert-OH is 2. The number of amides is 1. The first-order valence-electron chi connectivity index (χ1n) is 10.8. The molecule has 0 saturated carbocycles. The predicted molar refractivity (Wildman–Crippen MR) is 122 cm³/mol. The Morgan fingerprint density at radius 3 is 2.75 bits per heavy atom. The summed E-state index contributed by atoms with van der Waals surface area (Å²) in [5.74, 6) is -1.34.